The summed E-state index contributed by atoms with van der Waals surface area (Å²) in [4.78, 5) is 10.4. The van der Waals surface area contributed by atoms with Crippen LogP contribution in [0.1, 0.15) is 13.3 Å². The van der Waals surface area contributed by atoms with Gasteiger partial charge in [0.05, 0.1) is 4.99 Å². The molecule has 0 bridgehead atoms. The fourth-order valence-corrected chi connectivity index (χ4v) is 0.577. The van der Waals surface area contributed by atoms with E-state index in [1.807, 2.05) is 0 Å². The lowest BCUT2D eigenvalue weighted by Gasteiger charge is -2.06. The zero-order valence-corrected chi connectivity index (χ0v) is 6.94. The van der Waals surface area contributed by atoms with Gasteiger partial charge in [0.2, 0.25) is 0 Å². The summed E-state index contributed by atoms with van der Waals surface area (Å²) in [6, 6.07) is 0. The van der Waals surface area contributed by atoms with Crippen molar-refractivity contribution in [3.05, 3.63) is 0 Å². The van der Waals surface area contributed by atoms with E-state index in [9.17, 15) is 4.79 Å². The minimum Gasteiger partial charge on any atom is -0.477 e. The molecule has 5 heteroatoms. The lowest BCUT2D eigenvalue weighted by Crippen LogP contribution is -2.24. The molecule has 0 rings (SSSR count). The van der Waals surface area contributed by atoms with Crippen LogP contribution in [-0.2, 0) is 4.79 Å². The third-order valence-corrected chi connectivity index (χ3v) is 1.66. The Labute approximate surface area is 69.9 Å². The van der Waals surface area contributed by atoms with Crippen molar-refractivity contribution in [2.45, 2.75) is 13.3 Å². The van der Waals surface area contributed by atoms with E-state index < -0.39 is 5.97 Å². The Morgan fingerprint density at radius 1 is 1.82 bits per heavy atom. The molecule has 0 saturated heterocycles. The molecule has 0 fully saturated rings. The molecule has 4 nitrogen and oxygen atoms in total. The number of nitrogens with one attached hydrogen (secondary N) is 1. The molecule has 11 heavy (non-hydrogen) atoms. The summed E-state index contributed by atoms with van der Waals surface area (Å²) in [7, 11) is 0. The minimum atomic E-state index is -1.21. The van der Waals surface area contributed by atoms with Gasteiger partial charge in [-0.2, -0.15) is 0 Å². The molecule has 0 heterocycles. The highest BCUT2D eigenvalue weighted by Crippen LogP contribution is 2.02. The molecule has 0 aliphatic carbocycles. The summed E-state index contributed by atoms with van der Waals surface area (Å²) in [5.41, 5.74) is 4.87. The summed E-state index contributed by atoms with van der Waals surface area (Å²) < 4.78 is 0. The van der Waals surface area contributed by atoms with Crippen LogP contribution in [0.2, 0.25) is 0 Å². The van der Waals surface area contributed by atoms with Crippen LogP contribution in [0.5, 0.6) is 0 Å². The lowest BCUT2D eigenvalue weighted by molar-refractivity contribution is -0.129. The molecular formula is C6H10N2O2S. The van der Waals surface area contributed by atoms with Crippen molar-refractivity contribution < 1.29 is 9.90 Å². The summed E-state index contributed by atoms with van der Waals surface area (Å²) >= 11 is 4.61. The Morgan fingerprint density at radius 2 is 2.27 bits per heavy atom. The van der Waals surface area contributed by atoms with E-state index in [0.717, 1.165) is 0 Å². The number of nitrogens with two attached hydrogens (primary N) is 1. The molecule has 0 saturated carbocycles. The molecule has 0 aromatic heterocycles. The van der Waals surface area contributed by atoms with Crippen molar-refractivity contribution in [2.24, 2.45) is 11.7 Å². The van der Waals surface area contributed by atoms with Crippen LogP contribution in [0.25, 0.3) is 0 Å². The first-order chi connectivity index (χ1) is 4.95. The van der Waals surface area contributed by atoms with Crippen molar-refractivity contribution in [3.8, 4) is 0 Å². The van der Waals surface area contributed by atoms with Crippen molar-refractivity contribution >= 4 is 28.9 Å². The number of hydrogen-bond acceptors (Lipinski definition) is 3. The number of aliphatic carboxylic acids is 1. The fraction of sp³-hybridized carbons (Fsp3) is 0.500. The van der Waals surface area contributed by atoms with Gasteiger partial charge in [0.1, 0.15) is 5.71 Å². The van der Waals surface area contributed by atoms with Gasteiger partial charge >= 0.3 is 5.97 Å². The second-order valence-electron chi connectivity index (χ2n) is 2.29. The predicted molar refractivity (Wildman–Crippen MR) is 45.9 cm³/mol. The third-order valence-electron chi connectivity index (χ3n) is 1.25. The maximum atomic E-state index is 10.1. The highest BCUT2D eigenvalue weighted by molar-refractivity contribution is 7.80. The van der Waals surface area contributed by atoms with E-state index in [-0.39, 0.29) is 23.0 Å². The molecular weight excluding hydrogens is 164 g/mol. The van der Waals surface area contributed by atoms with Crippen molar-refractivity contribution in [1.29, 1.82) is 5.41 Å². The van der Waals surface area contributed by atoms with Gasteiger partial charge in [-0.05, 0) is 0 Å². The van der Waals surface area contributed by atoms with Gasteiger partial charge in [-0.3, -0.25) is 5.41 Å². The molecule has 0 radical (unpaired) electrons. The van der Waals surface area contributed by atoms with Gasteiger partial charge < -0.3 is 10.8 Å². The van der Waals surface area contributed by atoms with E-state index in [1.165, 1.54) is 0 Å². The average molecular weight is 174 g/mol. The fourth-order valence-electron chi connectivity index (χ4n) is 0.494. The first kappa shape index (κ1) is 10.0. The summed E-state index contributed by atoms with van der Waals surface area (Å²) in [6.45, 7) is 1.69. The van der Waals surface area contributed by atoms with E-state index in [2.05, 4.69) is 12.2 Å². The Morgan fingerprint density at radius 3 is 2.55 bits per heavy atom. The molecule has 0 aromatic rings. The van der Waals surface area contributed by atoms with Gasteiger partial charge in [0.15, 0.2) is 0 Å². The smallest absolute Gasteiger partial charge is 0.349 e. The number of carboxylic acid groups (broad SMARTS) is 1. The summed E-state index contributed by atoms with van der Waals surface area (Å²) in [5.74, 6) is -1.43. The molecule has 62 valence electrons. The molecule has 0 spiro atoms. The molecule has 1 atom stereocenters. The van der Waals surface area contributed by atoms with Gasteiger partial charge in [0.25, 0.3) is 0 Å². The number of carbonyl (C=O) groups is 1. The first-order valence-corrected chi connectivity index (χ1v) is 3.46. The highest BCUT2D eigenvalue weighted by Gasteiger charge is 2.13. The third kappa shape index (κ3) is 3.67. The Hall–Kier alpha value is -0.970. The summed E-state index contributed by atoms with van der Waals surface area (Å²) in [6.07, 6.45) is 0.102. The van der Waals surface area contributed by atoms with E-state index >= 15 is 0 Å². The minimum absolute atomic E-state index is 0.102. The van der Waals surface area contributed by atoms with Gasteiger partial charge in [-0.25, -0.2) is 4.79 Å². The van der Waals surface area contributed by atoms with Crippen molar-refractivity contribution in [2.75, 3.05) is 0 Å². The first-order valence-electron chi connectivity index (χ1n) is 3.05. The van der Waals surface area contributed by atoms with Crippen molar-refractivity contribution in [1.82, 2.24) is 0 Å². The van der Waals surface area contributed by atoms with Crippen LogP contribution in [0.3, 0.4) is 0 Å². The van der Waals surface area contributed by atoms with E-state index in [0.29, 0.717) is 0 Å². The van der Waals surface area contributed by atoms with Crippen LogP contribution in [0, 0.1) is 11.3 Å². The largest absolute Gasteiger partial charge is 0.477 e. The lowest BCUT2D eigenvalue weighted by atomic mass is 10.0. The van der Waals surface area contributed by atoms with Crippen LogP contribution < -0.4 is 5.73 Å². The second kappa shape index (κ2) is 4.02. The quantitative estimate of drug-likeness (QED) is 0.425. The molecule has 0 aliphatic heterocycles. The number of thiocarbonyl (C=S) groups is 1. The average Bonchev–Trinajstić information content (AvgIpc) is 1.87. The van der Waals surface area contributed by atoms with Gasteiger partial charge in [-0.15, -0.1) is 0 Å². The van der Waals surface area contributed by atoms with E-state index in [1.54, 1.807) is 6.92 Å². The van der Waals surface area contributed by atoms with Gasteiger partial charge in [0, 0.05) is 12.3 Å². The maximum absolute atomic E-state index is 10.1. The van der Waals surface area contributed by atoms with Gasteiger partial charge in [-0.1, -0.05) is 19.1 Å². The molecule has 0 amide bonds. The Bertz CT molecular complexity index is 203. The maximum Gasteiger partial charge on any atom is 0.349 e. The van der Waals surface area contributed by atoms with E-state index in [4.69, 9.17) is 16.2 Å². The van der Waals surface area contributed by atoms with Crippen LogP contribution >= 0.6 is 12.2 Å². The predicted octanol–water partition coefficient (Wildman–Crippen LogP) is 0.403. The molecule has 4 N–H and O–H groups in total. The topological polar surface area (TPSA) is 87.2 Å². The molecule has 0 aliphatic rings. The number of hydrogen-bond donors (Lipinski definition) is 3. The van der Waals surface area contributed by atoms with Crippen LogP contribution in [0.15, 0.2) is 0 Å². The zero-order valence-electron chi connectivity index (χ0n) is 6.13. The standard InChI is InChI=1S/C6H10N2O2S/c1-3(5(8)11)2-4(7)6(9)10/h3,7H,2H2,1H3,(H2,8,11)(H,9,10). The van der Waals surface area contributed by atoms with Crippen LogP contribution in [0.4, 0.5) is 0 Å². The summed E-state index contributed by atoms with van der Waals surface area (Å²) in [5, 5.41) is 15.3. The zero-order chi connectivity index (χ0) is 9.02. The van der Waals surface area contributed by atoms with Crippen molar-refractivity contribution in [3.63, 3.8) is 0 Å². The second-order valence-corrected chi connectivity index (χ2v) is 2.76. The Kier molecular flexibility index (Phi) is 3.67. The number of rotatable bonds is 4. The Balaban J connectivity index is 3.95. The highest BCUT2D eigenvalue weighted by atomic mass is 32.1. The molecule has 0 aromatic carbocycles. The van der Waals surface area contributed by atoms with Crippen LogP contribution in [-0.4, -0.2) is 21.8 Å². The SMILES string of the molecule is CC(CC(=N)C(=O)O)C(N)=S. The number of carboxylic acids is 1. The molecule has 1 unspecified atom stereocenters. The monoisotopic (exact) mass is 174 g/mol. The normalized spacial score (nSPS) is 12.1.